The zero-order chi connectivity index (χ0) is 17.6. The molecular formula is C19H22ClFN2O2. The van der Waals surface area contributed by atoms with E-state index >= 15 is 0 Å². The van der Waals surface area contributed by atoms with Gasteiger partial charge in [0.05, 0.1) is 10.9 Å². The van der Waals surface area contributed by atoms with Crippen molar-refractivity contribution in [1.29, 1.82) is 0 Å². The predicted molar refractivity (Wildman–Crippen MR) is 92.8 cm³/mol. The van der Waals surface area contributed by atoms with Gasteiger partial charge in [0.25, 0.3) is 5.91 Å². The van der Waals surface area contributed by atoms with Gasteiger partial charge in [0.1, 0.15) is 5.82 Å². The highest BCUT2D eigenvalue weighted by Gasteiger charge is 2.54. The van der Waals surface area contributed by atoms with Crippen molar-refractivity contribution in [2.45, 2.75) is 32.1 Å². The predicted octanol–water partition coefficient (Wildman–Crippen LogP) is 3.25. The van der Waals surface area contributed by atoms with Gasteiger partial charge < -0.3 is 10.2 Å². The van der Waals surface area contributed by atoms with E-state index < -0.39 is 5.82 Å². The highest BCUT2D eigenvalue weighted by molar-refractivity contribution is 6.31. The molecule has 25 heavy (non-hydrogen) atoms. The lowest BCUT2D eigenvalue weighted by Crippen LogP contribution is -2.45. The first-order valence-electron chi connectivity index (χ1n) is 9.00. The summed E-state index contributed by atoms with van der Waals surface area (Å²) in [4.78, 5) is 27.2. The highest BCUT2D eigenvalue weighted by atomic mass is 35.5. The van der Waals surface area contributed by atoms with E-state index in [-0.39, 0.29) is 28.2 Å². The molecule has 2 aliphatic carbocycles. The van der Waals surface area contributed by atoms with Crippen molar-refractivity contribution in [3.63, 3.8) is 0 Å². The van der Waals surface area contributed by atoms with Crippen LogP contribution >= 0.6 is 11.6 Å². The van der Waals surface area contributed by atoms with Gasteiger partial charge in [-0.25, -0.2) is 4.39 Å². The van der Waals surface area contributed by atoms with Gasteiger partial charge in [-0.3, -0.25) is 9.59 Å². The van der Waals surface area contributed by atoms with Crippen LogP contribution in [-0.4, -0.2) is 36.3 Å². The maximum absolute atomic E-state index is 13.3. The first-order chi connectivity index (χ1) is 12.0. The molecule has 4 nitrogen and oxygen atoms in total. The van der Waals surface area contributed by atoms with E-state index in [1.807, 2.05) is 0 Å². The van der Waals surface area contributed by atoms with Crippen LogP contribution in [-0.2, 0) is 4.79 Å². The Morgan fingerprint density at radius 3 is 2.68 bits per heavy atom. The molecule has 0 aromatic heterocycles. The molecule has 1 spiro atoms. The number of halogens is 2. The molecule has 1 atom stereocenters. The Morgan fingerprint density at radius 2 is 2.08 bits per heavy atom. The first-order valence-corrected chi connectivity index (χ1v) is 9.38. The van der Waals surface area contributed by atoms with Crippen LogP contribution in [0.15, 0.2) is 18.2 Å². The molecule has 4 rings (SSSR count). The van der Waals surface area contributed by atoms with E-state index in [9.17, 15) is 14.0 Å². The van der Waals surface area contributed by atoms with E-state index in [0.717, 1.165) is 25.8 Å². The number of rotatable bonds is 4. The normalized spacial score (nSPS) is 24.2. The molecule has 1 saturated heterocycles. The summed E-state index contributed by atoms with van der Waals surface area (Å²) in [7, 11) is 0. The van der Waals surface area contributed by atoms with E-state index in [4.69, 9.17) is 11.6 Å². The third-order valence-corrected chi connectivity index (χ3v) is 6.32. The fourth-order valence-corrected chi connectivity index (χ4v) is 4.30. The Bertz CT molecular complexity index is 715. The number of benzene rings is 1. The molecule has 1 N–H and O–H groups in total. The maximum Gasteiger partial charge on any atom is 0.253 e. The summed E-state index contributed by atoms with van der Waals surface area (Å²) in [6, 6.07) is 4.04. The summed E-state index contributed by atoms with van der Waals surface area (Å²) in [5, 5.41) is 3.02. The summed E-state index contributed by atoms with van der Waals surface area (Å²) < 4.78 is 13.3. The largest absolute Gasteiger partial charge is 0.356 e. The average molecular weight is 365 g/mol. The van der Waals surface area contributed by atoms with Gasteiger partial charge in [-0.1, -0.05) is 18.0 Å². The molecule has 2 amide bonds. The number of nitrogens with one attached hydrogen (secondary N) is 1. The van der Waals surface area contributed by atoms with Crippen molar-refractivity contribution in [3.8, 4) is 0 Å². The maximum atomic E-state index is 13.3. The van der Waals surface area contributed by atoms with Crippen molar-refractivity contribution in [1.82, 2.24) is 10.2 Å². The average Bonchev–Trinajstić information content (AvgIpc) is 3.30. The van der Waals surface area contributed by atoms with E-state index in [0.29, 0.717) is 24.6 Å². The standard InChI is InChI=1S/C19H22ClFN2O2/c20-15-8-13(4-5-16(15)21)18(25)23-10-14(19(11-23)6-1-7-19)17(24)22-9-12-2-3-12/h4-5,8,12,14H,1-3,6-7,9-11H2,(H,22,24). The van der Waals surface area contributed by atoms with Crippen LogP contribution in [0.3, 0.4) is 0 Å². The van der Waals surface area contributed by atoms with Gasteiger partial charge in [0.2, 0.25) is 5.91 Å². The third kappa shape index (κ3) is 3.14. The summed E-state index contributed by atoms with van der Waals surface area (Å²) in [5.74, 6) is -0.126. The van der Waals surface area contributed by atoms with Gasteiger partial charge in [0, 0.05) is 30.6 Å². The Balaban J connectivity index is 1.48. The number of likely N-dealkylation sites (tertiary alicyclic amines) is 1. The van der Waals surface area contributed by atoms with E-state index in [1.54, 1.807) is 4.90 Å². The van der Waals surface area contributed by atoms with Crippen molar-refractivity contribution < 1.29 is 14.0 Å². The van der Waals surface area contributed by atoms with Gasteiger partial charge in [0.15, 0.2) is 0 Å². The SMILES string of the molecule is O=C(NCC1CC1)C1CN(C(=O)c2ccc(F)c(Cl)c2)CC12CCC2. The Kier molecular flexibility index (Phi) is 4.22. The Morgan fingerprint density at radius 1 is 1.32 bits per heavy atom. The number of carbonyl (C=O) groups is 2. The lowest BCUT2D eigenvalue weighted by Gasteiger charge is -2.41. The fraction of sp³-hybridized carbons (Fsp3) is 0.579. The van der Waals surface area contributed by atoms with Crippen molar-refractivity contribution in [3.05, 3.63) is 34.6 Å². The summed E-state index contributed by atoms with van der Waals surface area (Å²) in [6.07, 6.45) is 5.49. The zero-order valence-corrected chi connectivity index (χ0v) is 14.8. The molecule has 2 saturated carbocycles. The molecule has 3 aliphatic rings. The van der Waals surface area contributed by atoms with Crippen molar-refractivity contribution in [2.24, 2.45) is 17.3 Å². The van der Waals surface area contributed by atoms with Crippen molar-refractivity contribution >= 4 is 23.4 Å². The molecule has 6 heteroatoms. The van der Waals surface area contributed by atoms with Crippen molar-refractivity contribution in [2.75, 3.05) is 19.6 Å². The molecule has 0 bridgehead atoms. The lowest BCUT2D eigenvalue weighted by molar-refractivity contribution is -0.129. The Hall–Kier alpha value is -1.62. The summed E-state index contributed by atoms with van der Waals surface area (Å²) in [5.41, 5.74) is 0.299. The molecule has 3 fully saturated rings. The van der Waals surface area contributed by atoms with E-state index in [2.05, 4.69) is 5.32 Å². The molecule has 1 aromatic rings. The molecule has 1 aromatic carbocycles. The molecule has 1 unspecified atom stereocenters. The molecule has 134 valence electrons. The van der Waals surface area contributed by atoms with Gasteiger partial charge in [-0.05, 0) is 49.8 Å². The molecule has 1 heterocycles. The van der Waals surface area contributed by atoms with Gasteiger partial charge in [-0.2, -0.15) is 0 Å². The van der Waals surface area contributed by atoms with Crippen LogP contribution in [0.2, 0.25) is 5.02 Å². The molecule has 1 aliphatic heterocycles. The summed E-state index contributed by atoms with van der Waals surface area (Å²) in [6.45, 7) is 1.79. The second kappa shape index (κ2) is 6.27. The molecule has 0 radical (unpaired) electrons. The van der Waals surface area contributed by atoms with Crippen LogP contribution < -0.4 is 5.32 Å². The van der Waals surface area contributed by atoms with Crippen LogP contribution in [0, 0.1) is 23.1 Å². The Labute approximate surface area is 151 Å². The minimum Gasteiger partial charge on any atom is -0.356 e. The van der Waals surface area contributed by atoms with Crippen LogP contribution in [0.25, 0.3) is 0 Å². The number of amides is 2. The number of carbonyl (C=O) groups excluding carboxylic acids is 2. The van der Waals surface area contributed by atoms with Crippen LogP contribution in [0.1, 0.15) is 42.5 Å². The van der Waals surface area contributed by atoms with Crippen LogP contribution in [0.5, 0.6) is 0 Å². The molecular weight excluding hydrogens is 343 g/mol. The lowest BCUT2D eigenvalue weighted by atomic mass is 9.62. The number of nitrogens with zero attached hydrogens (tertiary/aromatic N) is 1. The van der Waals surface area contributed by atoms with Gasteiger partial charge >= 0.3 is 0 Å². The quantitative estimate of drug-likeness (QED) is 0.891. The first kappa shape index (κ1) is 16.8. The minimum absolute atomic E-state index is 0.0536. The monoisotopic (exact) mass is 364 g/mol. The fourth-order valence-electron chi connectivity index (χ4n) is 4.12. The van der Waals surface area contributed by atoms with Gasteiger partial charge in [-0.15, -0.1) is 0 Å². The second-order valence-electron chi connectivity index (χ2n) is 7.77. The topological polar surface area (TPSA) is 49.4 Å². The number of hydrogen-bond acceptors (Lipinski definition) is 2. The smallest absolute Gasteiger partial charge is 0.253 e. The second-order valence-corrected chi connectivity index (χ2v) is 8.18. The van der Waals surface area contributed by atoms with Crippen LogP contribution in [0.4, 0.5) is 4.39 Å². The number of hydrogen-bond donors (Lipinski definition) is 1. The zero-order valence-electron chi connectivity index (χ0n) is 14.1. The third-order valence-electron chi connectivity index (χ3n) is 6.03. The van der Waals surface area contributed by atoms with E-state index in [1.165, 1.54) is 31.0 Å². The summed E-state index contributed by atoms with van der Waals surface area (Å²) >= 11 is 5.81. The minimum atomic E-state index is -0.535. The highest BCUT2D eigenvalue weighted by Crippen LogP contribution is 2.52.